The van der Waals surface area contributed by atoms with Crippen LogP contribution in [0, 0.1) is 5.92 Å². The van der Waals surface area contributed by atoms with Crippen molar-refractivity contribution in [2.24, 2.45) is 5.92 Å². The molecule has 0 saturated carbocycles. The Hall–Kier alpha value is -1.96. The van der Waals surface area contributed by atoms with E-state index in [4.69, 9.17) is 4.74 Å². The van der Waals surface area contributed by atoms with Gasteiger partial charge >= 0.3 is 176 Å². The van der Waals surface area contributed by atoms with Crippen LogP contribution in [0.25, 0.3) is 0 Å². The van der Waals surface area contributed by atoms with Gasteiger partial charge in [0, 0.05) is 0 Å². The first-order chi connectivity index (χ1) is 13.5. The third kappa shape index (κ3) is 3.66. The van der Waals surface area contributed by atoms with Crippen molar-refractivity contribution in [1.29, 1.82) is 0 Å². The fraction of sp³-hybridized carbons (Fsp3) is 0.208. The van der Waals surface area contributed by atoms with E-state index in [0.717, 1.165) is 12.6 Å². The SMILES string of the molecule is COC(=O)C(C)CCP(Br)(c1ccccc1)(c1ccccc1)c1ccccc1. The summed E-state index contributed by atoms with van der Waals surface area (Å²) in [4.78, 5) is 12.1. The summed E-state index contributed by atoms with van der Waals surface area (Å²) >= 11 is 4.40. The molecule has 1 atom stereocenters. The Morgan fingerprint density at radius 2 is 1.18 bits per heavy atom. The molecule has 2 nitrogen and oxygen atoms in total. The number of rotatable bonds is 7. The van der Waals surface area contributed by atoms with Gasteiger partial charge in [0.05, 0.1) is 0 Å². The average Bonchev–Trinajstić information content (AvgIpc) is 2.78. The Morgan fingerprint density at radius 3 is 1.50 bits per heavy atom. The maximum atomic E-state index is 12.1. The molecule has 0 aliphatic rings. The molecule has 0 fully saturated rings. The molecule has 0 heterocycles. The summed E-state index contributed by atoms with van der Waals surface area (Å²) in [5.74, 6) is -0.327. The molecule has 4 heteroatoms. The van der Waals surface area contributed by atoms with Crippen molar-refractivity contribution in [3.05, 3.63) is 91.0 Å². The van der Waals surface area contributed by atoms with Crippen LogP contribution >= 0.6 is 20.8 Å². The Morgan fingerprint density at radius 1 is 0.821 bits per heavy atom. The van der Waals surface area contributed by atoms with E-state index in [0.29, 0.717) is 0 Å². The van der Waals surface area contributed by atoms with E-state index in [1.807, 2.05) is 25.1 Å². The molecule has 0 saturated heterocycles. The average molecular weight is 457 g/mol. The predicted octanol–water partition coefficient (Wildman–Crippen LogP) is 5.03. The first-order valence-electron chi connectivity index (χ1n) is 9.48. The van der Waals surface area contributed by atoms with Crippen molar-refractivity contribution in [2.75, 3.05) is 13.3 Å². The molecular weight excluding hydrogens is 431 g/mol. The van der Waals surface area contributed by atoms with E-state index in [1.165, 1.54) is 23.0 Å². The Balaban J connectivity index is 2.26. The van der Waals surface area contributed by atoms with E-state index < -0.39 is 5.31 Å². The Labute approximate surface area is 175 Å². The van der Waals surface area contributed by atoms with Crippen LogP contribution in [-0.4, -0.2) is 19.2 Å². The fourth-order valence-electron chi connectivity index (χ4n) is 3.81. The van der Waals surface area contributed by atoms with Gasteiger partial charge < -0.3 is 0 Å². The molecule has 0 N–H and O–H groups in total. The number of hydrogen-bond acceptors (Lipinski definition) is 2. The number of halogens is 1. The zero-order valence-electron chi connectivity index (χ0n) is 16.3. The number of benzene rings is 3. The van der Waals surface area contributed by atoms with E-state index in [-0.39, 0.29) is 11.9 Å². The van der Waals surface area contributed by atoms with Crippen molar-refractivity contribution < 1.29 is 9.53 Å². The van der Waals surface area contributed by atoms with Gasteiger partial charge in [-0.15, -0.1) is 0 Å². The minimum atomic E-state index is -2.95. The van der Waals surface area contributed by atoms with E-state index in [2.05, 4.69) is 88.3 Å². The molecule has 28 heavy (non-hydrogen) atoms. The van der Waals surface area contributed by atoms with Crippen LogP contribution in [0.2, 0.25) is 0 Å². The van der Waals surface area contributed by atoms with Crippen LogP contribution in [0.3, 0.4) is 0 Å². The summed E-state index contributed by atoms with van der Waals surface area (Å²) in [6, 6.07) is 31.9. The van der Waals surface area contributed by atoms with Crippen LogP contribution in [0.5, 0.6) is 0 Å². The molecule has 3 aromatic rings. The number of ether oxygens (including phenoxy) is 1. The standard InChI is InChI=1S/C24H26BrO2P/c1-20(24(26)27-2)18-19-28(25,21-12-6-3-7-13-21,22-14-8-4-9-15-22)23-16-10-5-11-17-23/h3-17,20H,18-19H2,1-2H3. The fourth-order valence-corrected chi connectivity index (χ4v) is 11.5. The molecule has 0 spiro atoms. The van der Waals surface area contributed by atoms with Gasteiger partial charge in [-0.1, -0.05) is 0 Å². The zero-order valence-corrected chi connectivity index (χ0v) is 18.8. The van der Waals surface area contributed by atoms with Gasteiger partial charge in [-0.2, -0.15) is 0 Å². The van der Waals surface area contributed by atoms with Crippen LogP contribution in [0.15, 0.2) is 91.0 Å². The first kappa shape index (κ1) is 20.8. The number of carbonyl (C=O) groups is 1. The summed E-state index contributed by atoms with van der Waals surface area (Å²) in [6.07, 6.45) is 1.56. The van der Waals surface area contributed by atoms with Crippen molar-refractivity contribution in [3.8, 4) is 0 Å². The summed E-state index contributed by atoms with van der Waals surface area (Å²) in [5.41, 5.74) is 0. The van der Waals surface area contributed by atoms with Gasteiger partial charge in [-0.05, 0) is 0 Å². The molecular formula is C24H26BrO2P. The van der Waals surface area contributed by atoms with E-state index in [9.17, 15) is 4.79 Å². The molecule has 3 rings (SSSR count). The molecule has 0 radical (unpaired) electrons. The third-order valence-corrected chi connectivity index (χ3v) is 15.4. The summed E-state index contributed by atoms with van der Waals surface area (Å²) < 4.78 is 4.99. The third-order valence-electron chi connectivity index (χ3n) is 5.47. The van der Waals surface area contributed by atoms with Gasteiger partial charge in [0.25, 0.3) is 0 Å². The van der Waals surface area contributed by atoms with Gasteiger partial charge in [0.1, 0.15) is 0 Å². The van der Waals surface area contributed by atoms with Crippen LogP contribution in [-0.2, 0) is 9.53 Å². The first-order valence-corrected chi connectivity index (χ1v) is 13.9. The topological polar surface area (TPSA) is 26.3 Å². The molecule has 0 aromatic heterocycles. The zero-order chi connectivity index (χ0) is 20.1. The monoisotopic (exact) mass is 456 g/mol. The molecule has 0 bridgehead atoms. The van der Waals surface area contributed by atoms with Crippen LogP contribution in [0.1, 0.15) is 13.3 Å². The van der Waals surface area contributed by atoms with Gasteiger partial charge in [-0.25, -0.2) is 0 Å². The summed E-state index contributed by atoms with van der Waals surface area (Å²) in [6.45, 7) is 1.95. The summed E-state index contributed by atoms with van der Waals surface area (Å²) in [5, 5.41) is 0.846. The normalized spacial score (nSPS) is 13.9. The Kier molecular flexibility index (Phi) is 6.37. The van der Waals surface area contributed by atoms with Crippen LogP contribution < -0.4 is 15.9 Å². The molecule has 0 amide bonds. The van der Waals surface area contributed by atoms with Crippen molar-refractivity contribution in [2.45, 2.75) is 13.3 Å². The van der Waals surface area contributed by atoms with Gasteiger partial charge in [-0.3, -0.25) is 0 Å². The number of methoxy groups -OCH3 is 1. The van der Waals surface area contributed by atoms with E-state index in [1.54, 1.807) is 0 Å². The minimum absolute atomic E-state index is 0.160. The maximum absolute atomic E-state index is 12.1. The molecule has 0 aliphatic heterocycles. The second kappa shape index (κ2) is 8.59. The van der Waals surface area contributed by atoms with Crippen molar-refractivity contribution >= 4 is 42.7 Å². The van der Waals surface area contributed by atoms with Crippen molar-refractivity contribution in [1.82, 2.24) is 0 Å². The number of carbonyl (C=O) groups excluding carboxylic acids is 1. The molecule has 0 aliphatic carbocycles. The van der Waals surface area contributed by atoms with Crippen LogP contribution in [0.4, 0.5) is 0 Å². The van der Waals surface area contributed by atoms with Gasteiger partial charge in [0.15, 0.2) is 0 Å². The number of hydrogen-bond donors (Lipinski definition) is 0. The molecule has 1 unspecified atom stereocenters. The predicted molar refractivity (Wildman–Crippen MR) is 125 cm³/mol. The summed E-state index contributed by atoms with van der Waals surface area (Å²) in [7, 11) is 1.46. The molecule has 3 aromatic carbocycles. The Bertz CT molecular complexity index is 814. The molecule has 146 valence electrons. The van der Waals surface area contributed by atoms with Crippen molar-refractivity contribution in [3.63, 3.8) is 0 Å². The number of esters is 1. The quantitative estimate of drug-likeness (QED) is 0.368. The van der Waals surface area contributed by atoms with Gasteiger partial charge in [0.2, 0.25) is 0 Å². The second-order valence-corrected chi connectivity index (χ2v) is 16.2. The van der Waals surface area contributed by atoms with E-state index >= 15 is 0 Å². The second-order valence-electron chi connectivity index (χ2n) is 7.13.